The maximum absolute atomic E-state index is 6.12. The van der Waals surface area contributed by atoms with Gasteiger partial charge < -0.3 is 9.73 Å². The Kier molecular flexibility index (Phi) is 4.42. The summed E-state index contributed by atoms with van der Waals surface area (Å²) in [6.07, 6.45) is 3.50. The summed E-state index contributed by atoms with van der Waals surface area (Å²) in [5.74, 6) is 1.12. The predicted octanol–water partition coefficient (Wildman–Crippen LogP) is 3.69. The molecule has 112 valence electrons. The van der Waals surface area contributed by atoms with Crippen LogP contribution in [0.3, 0.4) is 0 Å². The number of para-hydroxylation sites is 1. The maximum Gasteiger partial charge on any atom is 0.134 e. The van der Waals surface area contributed by atoms with E-state index < -0.39 is 0 Å². The molecule has 3 nitrogen and oxygen atoms in total. The summed E-state index contributed by atoms with van der Waals surface area (Å²) in [6, 6.07) is 8.35. The molecular weight excluding hydrogens is 260 g/mol. The monoisotopic (exact) mass is 284 g/mol. The van der Waals surface area contributed by atoms with Crippen LogP contribution in [-0.2, 0) is 13.1 Å². The van der Waals surface area contributed by atoms with Gasteiger partial charge in [-0.1, -0.05) is 36.8 Å². The van der Waals surface area contributed by atoms with Crippen molar-refractivity contribution in [2.75, 3.05) is 19.6 Å². The number of hydrogen-bond acceptors (Lipinski definition) is 3. The first-order valence-corrected chi connectivity index (χ1v) is 7.86. The first-order chi connectivity index (χ1) is 10.3. The van der Waals surface area contributed by atoms with E-state index in [1.165, 1.54) is 22.9 Å². The van der Waals surface area contributed by atoms with Gasteiger partial charge in [-0.15, -0.1) is 0 Å². The number of hydrogen-bond donors (Lipinski definition) is 1. The normalized spacial score (nSPS) is 16.4. The van der Waals surface area contributed by atoms with Crippen molar-refractivity contribution < 1.29 is 4.42 Å². The number of furan rings is 1. The van der Waals surface area contributed by atoms with Crippen LogP contribution in [0.15, 0.2) is 40.3 Å². The fourth-order valence-corrected chi connectivity index (χ4v) is 2.88. The van der Waals surface area contributed by atoms with E-state index in [2.05, 4.69) is 48.3 Å². The molecule has 0 aliphatic carbocycles. The lowest BCUT2D eigenvalue weighted by atomic mass is 10.1. The number of rotatable bonds is 5. The minimum Gasteiger partial charge on any atom is -0.459 e. The van der Waals surface area contributed by atoms with E-state index in [0.29, 0.717) is 0 Å². The third-order valence-corrected chi connectivity index (χ3v) is 4.22. The molecule has 0 saturated carbocycles. The predicted molar refractivity (Wildman–Crippen MR) is 87.2 cm³/mol. The largest absolute Gasteiger partial charge is 0.459 e. The number of benzene rings is 1. The third-order valence-electron chi connectivity index (χ3n) is 4.22. The van der Waals surface area contributed by atoms with Crippen molar-refractivity contribution in [3.63, 3.8) is 0 Å². The third kappa shape index (κ3) is 3.20. The highest BCUT2D eigenvalue weighted by Gasteiger charge is 2.17. The van der Waals surface area contributed by atoms with Gasteiger partial charge in [0.1, 0.15) is 11.3 Å². The molecule has 1 aromatic carbocycles. The summed E-state index contributed by atoms with van der Waals surface area (Å²) < 4.78 is 6.12. The van der Waals surface area contributed by atoms with Crippen LogP contribution in [0, 0.1) is 0 Å². The van der Waals surface area contributed by atoms with E-state index in [0.717, 1.165) is 44.1 Å². The van der Waals surface area contributed by atoms with Crippen LogP contribution in [0.25, 0.3) is 11.0 Å². The molecule has 0 amide bonds. The number of nitrogens with one attached hydrogen (secondary N) is 1. The molecule has 0 saturated heterocycles. The molecule has 0 unspecified atom stereocenters. The smallest absolute Gasteiger partial charge is 0.134 e. The van der Waals surface area contributed by atoms with E-state index in [9.17, 15) is 0 Å². The molecule has 0 spiro atoms. The lowest BCUT2D eigenvalue weighted by molar-refractivity contribution is 0.262. The Morgan fingerprint density at radius 1 is 1.29 bits per heavy atom. The molecule has 0 bridgehead atoms. The molecule has 2 heterocycles. The van der Waals surface area contributed by atoms with Crippen LogP contribution in [-0.4, -0.2) is 24.5 Å². The quantitative estimate of drug-likeness (QED) is 0.849. The molecule has 1 aliphatic rings. The van der Waals surface area contributed by atoms with Crippen LogP contribution in [0.4, 0.5) is 0 Å². The fraction of sp³-hybridized carbons (Fsp3) is 0.444. The Balaban J connectivity index is 1.86. The molecule has 21 heavy (non-hydrogen) atoms. The maximum atomic E-state index is 6.12. The summed E-state index contributed by atoms with van der Waals surface area (Å²) in [5.41, 5.74) is 3.83. The standard InChI is InChI=1S/C18H24N2O/c1-3-19-12-16-15-6-4-5-7-17(15)21-18(16)13-20-10-8-14(2)9-11-20/h4-8,19H,3,9-13H2,1-2H3. The minimum atomic E-state index is 0.881. The van der Waals surface area contributed by atoms with Gasteiger partial charge in [0.25, 0.3) is 0 Å². The highest BCUT2D eigenvalue weighted by molar-refractivity contribution is 5.82. The van der Waals surface area contributed by atoms with Gasteiger partial charge in [0.2, 0.25) is 0 Å². The Morgan fingerprint density at radius 2 is 2.14 bits per heavy atom. The van der Waals surface area contributed by atoms with Gasteiger partial charge in [-0.2, -0.15) is 0 Å². The van der Waals surface area contributed by atoms with Crippen LogP contribution in [0.2, 0.25) is 0 Å². The van der Waals surface area contributed by atoms with Gasteiger partial charge in [-0.05, 0) is 26.0 Å². The molecule has 3 heteroatoms. The van der Waals surface area contributed by atoms with Gasteiger partial charge in [-0.25, -0.2) is 0 Å². The van der Waals surface area contributed by atoms with Gasteiger partial charge in [0.05, 0.1) is 6.54 Å². The topological polar surface area (TPSA) is 28.4 Å². The molecule has 1 aliphatic heterocycles. The highest BCUT2D eigenvalue weighted by Crippen LogP contribution is 2.27. The second-order valence-corrected chi connectivity index (χ2v) is 5.82. The number of fused-ring (bicyclic) bond motifs is 1. The zero-order valence-electron chi connectivity index (χ0n) is 13.0. The van der Waals surface area contributed by atoms with Crippen LogP contribution in [0.1, 0.15) is 31.6 Å². The minimum absolute atomic E-state index is 0.881. The van der Waals surface area contributed by atoms with Crippen molar-refractivity contribution in [3.05, 3.63) is 47.2 Å². The fourth-order valence-electron chi connectivity index (χ4n) is 2.88. The van der Waals surface area contributed by atoms with E-state index in [-0.39, 0.29) is 0 Å². The lowest BCUT2D eigenvalue weighted by Crippen LogP contribution is -2.28. The van der Waals surface area contributed by atoms with Gasteiger partial charge in [0, 0.05) is 30.6 Å². The first-order valence-electron chi connectivity index (χ1n) is 7.86. The van der Waals surface area contributed by atoms with E-state index >= 15 is 0 Å². The molecule has 2 aromatic rings. The summed E-state index contributed by atoms with van der Waals surface area (Å²) in [7, 11) is 0. The molecule has 0 atom stereocenters. The van der Waals surface area contributed by atoms with E-state index in [1.54, 1.807) is 0 Å². The zero-order chi connectivity index (χ0) is 14.7. The lowest BCUT2D eigenvalue weighted by Gasteiger charge is -2.24. The van der Waals surface area contributed by atoms with Crippen molar-refractivity contribution in [1.82, 2.24) is 10.2 Å². The van der Waals surface area contributed by atoms with Crippen molar-refractivity contribution in [2.24, 2.45) is 0 Å². The van der Waals surface area contributed by atoms with Crippen molar-refractivity contribution >= 4 is 11.0 Å². The first kappa shape index (κ1) is 14.4. The van der Waals surface area contributed by atoms with Crippen LogP contribution in [0.5, 0.6) is 0 Å². The Hall–Kier alpha value is -1.58. The molecule has 1 N–H and O–H groups in total. The van der Waals surface area contributed by atoms with Crippen molar-refractivity contribution in [3.8, 4) is 0 Å². The Labute approximate surface area is 126 Å². The van der Waals surface area contributed by atoms with Crippen molar-refractivity contribution in [1.29, 1.82) is 0 Å². The average molecular weight is 284 g/mol. The molecule has 0 fully saturated rings. The second-order valence-electron chi connectivity index (χ2n) is 5.82. The molecule has 0 radical (unpaired) electrons. The van der Waals surface area contributed by atoms with E-state index in [1.807, 2.05) is 6.07 Å². The highest BCUT2D eigenvalue weighted by atomic mass is 16.3. The number of nitrogens with zero attached hydrogens (tertiary/aromatic N) is 1. The average Bonchev–Trinajstić information content (AvgIpc) is 2.85. The van der Waals surface area contributed by atoms with E-state index in [4.69, 9.17) is 4.42 Å². The van der Waals surface area contributed by atoms with Gasteiger partial charge >= 0.3 is 0 Å². The molecular formula is C18H24N2O. The van der Waals surface area contributed by atoms with Crippen LogP contribution >= 0.6 is 0 Å². The SMILES string of the molecule is CCNCc1c(CN2CC=C(C)CC2)oc2ccccc12. The summed E-state index contributed by atoms with van der Waals surface area (Å²) in [6.45, 7) is 9.27. The molecule has 1 aromatic heterocycles. The summed E-state index contributed by atoms with van der Waals surface area (Å²) in [4.78, 5) is 2.46. The van der Waals surface area contributed by atoms with Gasteiger partial charge in [0.15, 0.2) is 0 Å². The zero-order valence-corrected chi connectivity index (χ0v) is 13.0. The second kappa shape index (κ2) is 6.46. The molecule has 3 rings (SSSR count). The summed E-state index contributed by atoms with van der Waals surface area (Å²) >= 11 is 0. The summed E-state index contributed by atoms with van der Waals surface area (Å²) in [5, 5.41) is 4.68. The Morgan fingerprint density at radius 3 is 2.90 bits per heavy atom. The van der Waals surface area contributed by atoms with Gasteiger partial charge in [-0.3, -0.25) is 4.90 Å². The Bertz CT molecular complexity index is 642. The van der Waals surface area contributed by atoms with Crippen LogP contribution < -0.4 is 5.32 Å². The van der Waals surface area contributed by atoms with Crippen molar-refractivity contribution in [2.45, 2.75) is 33.4 Å².